The highest BCUT2D eigenvalue weighted by molar-refractivity contribution is 6.35. The van der Waals surface area contributed by atoms with E-state index in [9.17, 15) is 0 Å². The van der Waals surface area contributed by atoms with Crippen molar-refractivity contribution in [2.75, 3.05) is 5.32 Å². The Morgan fingerprint density at radius 2 is 2.17 bits per heavy atom. The summed E-state index contributed by atoms with van der Waals surface area (Å²) < 4.78 is 0. The highest BCUT2D eigenvalue weighted by atomic mass is 35.5. The van der Waals surface area contributed by atoms with E-state index in [0.717, 1.165) is 17.1 Å². The Balaban J connectivity index is 2.52. The molecule has 0 bridgehead atoms. The molecule has 0 aliphatic carbocycles. The van der Waals surface area contributed by atoms with Gasteiger partial charge in [-0.3, -0.25) is 0 Å². The molecule has 0 fully saturated rings. The Kier molecular flexibility index (Phi) is 1.93. The van der Waals surface area contributed by atoms with Crippen molar-refractivity contribution in [2.24, 2.45) is 0 Å². The van der Waals surface area contributed by atoms with E-state index in [4.69, 9.17) is 23.2 Å². The van der Waals surface area contributed by atoms with Gasteiger partial charge < -0.3 is 5.32 Å². The van der Waals surface area contributed by atoms with Crippen LogP contribution in [0.3, 0.4) is 0 Å². The molecule has 1 N–H and O–H groups in total. The molecule has 1 aromatic rings. The maximum atomic E-state index is 6.02. The molecule has 0 amide bonds. The number of benzene rings is 1. The van der Waals surface area contributed by atoms with Crippen molar-refractivity contribution >= 4 is 28.9 Å². The van der Waals surface area contributed by atoms with E-state index in [1.165, 1.54) is 5.56 Å². The summed E-state index contributed by atoms with van der Waals surface area (Å²) in [6.45, 7) is 2.13. The summed E-state index contributed by atoms with van der Waals surface area (Å²) in [4.78, 5) is 0. The Morgan fingerprint density at radius 1 is 1.42 bits per heavy atom. The Bertz CT molecular complexity index is 323. The van der Waals surface area contributed by atoms with Crippen molar-refractivity contribution in [1.29, 1.82) is 0 Å². The summed E-state index contributed by atoms with van der Waals surface area (Å²) in [6, 6.07) is 4.18. The Morgan fingerprint density at radius 3 is 2.92 bits per heavy atom. The van der Waals surface area contributed by atoms with Crippen LogP contribution in [0.25, 0.3) is 0 Å². The highest BCUT2D eigenvalue weighted by Crippen LogP contribution is 2.34. The third kappa shape index (κ3) is 1.27. The lowest BCUT2D eigenvalue weighted by molar-refractivity contribution is 0.839. The first kappa shape index (κ1) is 8.21. The van der Waals surface area contributed by atoms with Crippen LogP contribution in [0.15, 0.2) is 12.1 Å². The topological polar surface area (TPSA) is 12.0 Å². The molecule has 1 aliphatic heterocycles. The summed E-state index contributed by atoms with van der Waals surface area (Å²) in [7, 11) is 0. The quantitative estimate of drug-likeness (QED) is 0.680. The number of hydrogen-bond acceptors (Lipinski definition) is 1. The van der Waals surface area contributed by atoms with Crippen LogP contribution >= 0.6 is 23.2 Å². The van der Waals surface area contributed by atoms with Crippen LogP contribution in [0, 0.1) is 0 Å². The van der Waals surface area contributed by atoms with Crippen LogP contribution in [0.1, 0.15) is 12.5 Å². The lowest BCUT2D eigenvalue weighted by Crippen LogP contribution is -2.08. The minimum Gasteiger partial charge on any atom is -0.382 e. The van der Waals surface area contributed by atoms with Gasteiger partial charge in [-0.25, -0.2) is 0 Å². The lowest BCUT2D eigenvalue weighted by Gasteiger charge is -2.02. The Labute approximate surface area is 81.7 Å². The average molecular weight is 202 g/mol. The van der Waals surface area contributed by atoms with Gasteiger partial charge in [0.15, 0.2) is 0 Å². The van der Waals surface area contributed by atoms with Crippen LogP contribution in [0.5, 0.6) is 0 Å². The largest absolute Gasteiger partial charge is 0.382 e. The van der Waals surface area contributed by atoms with Gasteiger partial charge in [-0.05, 0) is 31.0 Å². The fraction of sp³-hybridized carbons (Fsp3) is 0.333. The molecule has 0 saturated carbocycles. The molecule has 0 aromatic heterocycles. The molecule has 0 saturated heterocycles. The molecule has 1 atom stereocenters. The van der Waals surface area contributed by atoms with Gasteiger partial charge in [0.05, 0.1) is 0 Å². The van der Waals surface area contributed by atoms with Crippen LogP contribution in [0.2, 0.25) is 10.0 Å². The van der Waals surface area contributed by atoms with E-state index in [1.807, 2.05) is 6.07 Å². The number of anilines is 1. The lowest BCUT2D eigenvalue weighted by atomic mass is 10.1. The summed E-state index contributed by atoms with van der Waals surface area (Å²) >= 11 is 11.9. The molecule has 1 heterocycles. The van der Waals surface area contributed by atoms with Gasteiger partial charge >= 0.3 is 0 Å². The number of rotatable bonds is 0. The molecular weight excluding hydrogens is 193 g/mol. The predicted molar refractivity (Wildman–Crippen MR) is 53.3 cm³/mol. The average Bonchev–Trinajstić information content (AvgIpc) is 2.29. The van der Waals surface area contributed by atoms with E-state index in [0.29, 0.717) is 11.1 Å². The normalized spacial score (nSPS) is 20.4. The fourth-order valence-electron chi connectivity index (χ4n) is 1.56. The van der Waals surface area contributed by atoms with E-state index >= 15 is 0 Å². The van der Waals surface area contributed by atoms with E-state index in [-0.39, 0.29) is 0 Å². The van der Waals surface area contributed by atoms with Gasteiger partial charge in [-0.2, -0.15) is 0 Å². The van der Waals surface area contributed by atoms with Crippen LogP contribution in [0.4, 0.5) is 5.69 Å². The second-order valence-corrected chi connectivity index (χ2v) is 4.01. The van der Waals surface area contributed by atoms with Gasteiger partial charge in [0.2, 0.25) is 0 Å². The molecule has 1 aromatic carbocycles. The molecule has 1 nitrogen and oxygen atoms in total. The standard InChI is InChI=1S/C9H9Cl2N/c1-5-2-7-8(11)3-6(10)4-9(7)12-5/h3-5,12H,2H2,1H3. The van der Waals surface area contributed by atoms with Crippen LogP contribution in [-0.4, -0.2) is 6.04 Å². The molecule has 0 radical (unpaired) electrons. The molecular formula is C9H9Cl2N. The first-order valence-electron chi connectivity index (χ1n) is 3.91. The molecule has 2 rings (SSSR count). The minimum atomic E-state index is 0.468. The van der Waals surface area contributed by atoms with Crippen molar-refractivity contribution in [2.45, 2.75) is 19.4 Å². The van der Waals surface area contributed by atoms with Crippen molar-refractivity contribution < 1.29 is 0 Å². The molecule has 1 aliphatic rings. The van der Waals surface area contributed by atoms with Crippen molar-refractivity contribution in [1.82, 2.24) is 0 Å². The second-order valence-electron chi connectivity index (χ2n) is 3.16. The molecule has 64 valence electrons. The number of hydrogen-bond donors (Lipinski definition) is 1. The zero-order valence-electron chi connectivity index (χ0n) is 6.70. The maximum Gasteiger partial charge on any atom is 0.0474 e. The van der Waals surface area contributed by atoms with E-state index < -0.39 is 0 Å². The van der Waals surface area contributed by atoms with Crippen molar-refractivity contribution in [3.8, 4) is 0 Å². The maximum absolute atomic E-state index is 6.02. The number of nitrogens with one attached hydrogen (secondary N) is 1. The molecule has 12 heavy (non-hydrogen) atoms. The molecule has 0 spiro atoms. The van der Waals surface area contributed by atoms with E-state index in [2.05, 4.69) is 12.2 Å². The van der Waals surface area contributed by atoms with Crippen LogP contribution in [-0.2, 0) is 6.42 Å². The summed E-state index contributed by atoms with van der Waals surface area (Å²) in [5, 5.41) is 4.78. The summed E-state index contributed by atoms with van der Waals surface area (Å²) in [5.74, 6) is 0. The Hall–Kier alpha value is -0.400. The monoisotopic (exact) mass is 201 g/mol. The predicted octanol–water partition coefficient (Wildman–Crippen LogP) is 3.35. The highest BCUT2D eigenvalue weighted by Gasteiger charge is 2.19. The van der Waals surface area contributed by atoms with Gasteiger partial charge in [0.25, 0.3) is 0 Å². The van der Waals surface area contributed by atoms with Gasteiger partial charge in [0, 0.05) is 21.8 Å². The fourth-order valence-corrected chi connectivity index (χ4v) is 2.13. The summed E-state index contributed by atoms with van der Waals surface area (Å²) in [6.07, 6.45) is 0.991. The third-order valence-electron chi connectivity index (χ3n) is 2.07. The summed E-state index contributed by atoms with van der Waals surface area (Å²) in [5.41, 5.74) is 2.27. The zero-order chi connectivity index (χ0) is 8.72. The van der Waals surface area contributed by atoms with E-state index in [1.54, 1.807) is 6.07 Å². The van der Waals surface area contributed by atoms with Crippen molar-refractivity contribution in [3.05, 3.63) is 27.7 Å². The SMILES string of the molecule is CC1Cc2c(Cl)cc(Cl)cc2N1. The first-order valence-corrected chi connectivity index (χ1v) is 4.67. The number of fused-ring (bicyclic) bond motifs is 1. The zero-order valence-corrected chi connectivity index (χ0v) is 8.21. The van der Waals surface area contributed by atoms with Gasteiger partial charge in [0.1, 0.15) is 0 Å². The second kappa shape index (κ2) is 2.82. The van der Waals surface area contributed by atoms with Crippen LogP contribution < -0.4 is 5.32 Å². The van der Waals surface area contributed by atoms with Gasteiger partial charge in [-0.15, -0.1) is 0 Å². The third-order valence-corrected chi connectivity index (χ3v) is 2.63. The minimum absolute atomic E-state index is 0.468. The first-order chi connectivity index (χ1) is 5.66. The van der Waals surface area contributed by atoms with Crippen molar-refractivity contribution in [3.63, 3.8) is 0 Å². The number of halogens is 2. The van der Waals surface area contributed by atoms with Gasteiger partial charge in [-0.1, -0.05) is 23.2 Å². The smallest absolute Gasteiger partial charge is 0.0474 e. The molecule has 3 heteroatoms. The molecule has 1 unspecified atom stereocenters.